The first-order valence-electron chi connectivity index (χ1n) is 4.79. The standard InChI is InChI=1S/C10H13ClN2O3S/c1-17(15,16)13-10(14)9(12)6-7-2-4-8(11)5-3-7/h2-5,9H,6,12H2,1H3,(H,13,14)/t9-/m1/s1. The van der Waals surface area contributed by atoms with E-state index in [0.29, 0.717) is 5.02 Å². The van der Waals surface area contributed by atoms with Crippen molar-refractivity contribution in [3.8, 4) is 0 Å². The minimum Gasteiger partial charge on any atom is -0.320 e. The summed E-state index contributed by atoms with van der Waals surface area (Å²) in [6, 6.07) is 5.91. The molecule has 0 aliphatic carbocycles. The second-order valence-electron chi connectivity index (χ2n) is 3.68. The van der Waals surface area contributed by atoms with Gasteiger partial charge in [-0.25, -0.2) is 8.42 Å². The highest BCUT2D eigenvalue weighted by atomic mass is 35.5. The molecular formula is C10H13ClN2O3S. The number of amides is 1. The number of carbonyl (C=O) groups is 1. The zero-order valence-electron chi connectivity index (χ0n) is 9.18. The molecule has 1 aromatic rings. The minimum absolute atomic E-state index is 0.249. The molecule has 17 heavy (non-hydrogen) atoms. The lowest BCUT2D eigenvalue weighted by Crippen LogP contribution is -2.44. The molecule has 0 unspecified atom stereocenters. The van der Waals surface area contributed by atoms with Crippen LogP contribution in [0.2, 0.25) is 5.02 Å². The third kappa shape index (κ3) is 5.16. The molecule has 0 aromatic heterocycles. The second kappa shape index (κ2) is 5.48. The Kier molecular flexibility index (Phi) is 4.50. The van der Waals surface area contributed by atoms with Crippen LogP contribution in [0.3, 0.4) is 0 Å². The molecule has 5 nitrogen and oxygen atoms in total. The van der Waals surface area contributed by atoms with Crippen molar-refractivity contribution in [1.82, 2.24) is 4.72 Å². The number of hydrogen-bond donors (Lipinski definition) is 2. The predicted molar refractivity (Wildman–Crippen MR) is 66.1 cm³/mol. The molecule has 1 atom stereocenters. The average molecular weight is 277 g/mol. The Morgan fingerprint density at radius 2 is 1.94 bits per heavy atom. The van der Waals surface area contributed by atoms with E-state index in [1.54, 1.807) is 24.3 Å². The Labute approximate surface area is 105 Å². The van der Waals surface area contributed by atoms with Gasteiger partial charge in [0, 0.05) is 5.02 Å². The van der Waals surface area contributed by atoms with Crippen LogP contribution in [0, 0.1) is 0 Å². The quantitative estimate of drug-likeness (QED) is 0.827. The number of carbonyl (C=O) groups excluding carboxylic acids is 1. The lowest BCUT2D eigenvalue weighted by Gasteiger charge is -2.11. The lowest BCUT2D eigenvalue weighted by atomic mass is 10.1. The Morgan fingerprint density at radius 1 is 1.41 bits per heavy atom. The summed E-state index contributed by atoms with van der Waals surface area (Å²) in [6.45, 7) is 0. The third-order valence-corrected chi connectivity index (χ3v) is 2.82. The number of rotatable bonds is 4. The number of benzene rings is 1. The Hall–Kier alpha value is -1.11. The molecule has 0 aliphatic rings. The smallest absolute Gasteiger partial charge is 0.250 e. The minimum atomic E-state index is -3.57. The molecule has 0 bridgehead atoms. The van der Waals surface area contributed by atoms with Gasteiger partial charge < -0.3 is 5.73 Å². The van der Waals surface area contributed by atoms with Crippen LogP contribution in [0.15, 0.2) is 24.3 Å². The van der Waals surface area contributed by atoms with Crippen LogP contribution >= 0.6 is 11.6 Å². The van der Waals surface area contributed by atoms with Gasteiger partial charge in [0.25, 0.3) is 5.91 Å². The van der Waals surface area contributed by atoms with Gasteiger partial charge in [0.2, 0.25) is 10.0 Å². The highest BCUT2D eigenvalue weighted by Gasteiger charge is 2.17. The van der Waals surface area contributed by atoms with Gasteiger partial charge >= 0.3 is 0 Å². The van der Waals surface area contributed by atoms with Crippen molar-refractivity contribution in [2.24, 2.45) is 5.73 Å². The van der Waals surface area contributed by atoms with E-state index in [9.17, 15) is 13.2 Å². The fraction of sp³-hybridized carbons (Fsp3) is 0.300. The molecule has 0 radical (unpaired) electrons. The van der Waals surface area contributed by atoms with Gasteiger partial charge in [0.15, 0.2) is 0 Å². The number of halogens is 1. The van der Waals surface area contributed by atoms with Crippen LogP contribution in [0.25, 0.3) is 0 Å². The maximum Gasteiger partial charge on any atom is 0.250 e. The van der Waals surface area contributed by atoms with Gasteiger partial charge in [-0.3, -0.25) is 9.52 Å². The van der Waals surface area contributed by atoms with Crippen LogP contribution in [0.5, 0.6) is 0 Å². The zero-order chi connectivity index (χ0) is 13.1. The summed E-state index contributed by atoms with van der Waals surface area (Å²) >= 11 is 5.71. The van der Waals surface area contributed by atoms with Crippen LogP contribution in [-0.4, -0.2) is 26.6 Å². The van der Waals surface area contributed by atoms with E-state index in [-0.39, 0.29) is 6.42 Å². The second-order valence-corrected chi connectivity index (χ2v) is 5.86. The van der Waals surface area contributed by atoms with Crippen molar-refractivity contribution >= 4 is 27.5 Å². The van der Waals surface area contributed by atoms with Gasteiger partial charge in [0.05, 0.1) is 12.3 Å². The summed E-state index contributed by atoms with van der Waals surface area (Å²) < 4.78 is 23.5. The summed E-state index contributed by atoms with van der Waals surface area (Å²) in [5.74, 6) is -0.720. The van der Waals surface area contributed by atoms with E-state index in [2.05, 4.69) is 0 Å². The molecular weight excluding hydrogens is 264 g/mol. The predicted octanol–water partition coefficient (Wildman–Crippen LogP) is 0.286. The molecule has 0 aliphatic heterocycles. The SMILES string of the molecule is CS(=O)(=O)NC(=O)[C@H](N)Cc1ccc(Cl)cc1. The van der Waals surface area contributed by atoms with E-state index in [4.69, 9.17) is 17.3 Å². The van der Waals surface area contributed by atoms with E-state index in [1.807, 2.05) is 4.72 Å². The maximum atomic E-state index is 11.4. The number of nitrogens with one attached hydrogen (secondary N) is 1. The zero-order valence-corrected chi connectivity index (χ0v) is 10.8. The molecule has 94 valence electrons. The molecule has 1 amide bonds. The first-order chi connectivity index (χ1) is 7.78. The molecule has 0 saturated heterocycles. The van der Waals surface area contributed by atoms with E-state index in [0.717, 1.165) is 11.8 Å². The van der Waals surface area contributed by atoms with Gasteiger partial charge in [-0.2, -0.15) is 0 Å². The van der Waals surface area contributed by atoms with Crippen LogP contribution in [-0.2, 0) is 21.2 Å². The van der Waals surface area contributed by atoms with E-state index in [1.165, 1.54) is 0 Å². The number of nitrogens with two attached hydrogens (primary N) is 1. The highest BCUT2D eigenvalue weighted by molar-refractivity contribution is 7.89. The Balaban J connectivity index is 2.63. The first-order valence-corrected chi connectivity index (χ1v) is 7.06. The van der Waals surface area contributed by atoms with E-state index >= 15 is 0 Å². The lowest BCUT2D eigenvalue weighted by molar-refractivity contribution is -0.120. The topological polar surface area (TPSA) is 89.3 Å². The third-order valence-electron chi connectivity index (χ3n) is 1.99. The summed E-state index contributed by atoms with van der Waals surface area (Å²) in [5, 5.41) is 0.586. The van der Waals surface area contributed by atoms with Crippen molar-refractivity contribution in [2.45, 2.75) is 12.5 Å². The van der Waals surface area contributed by atoms with Crippen molar-refractivity contribution in [3.63, 3.8) is 0 Å². The monoisotopic (exact) mass is 276 g/mol. The molecule has 0 saturated carbocycles. The fourth-order valence-electron chi connectivity index (χ4n) is 1.23. The molecule has 0 heterocycles. The molecule has 1 aromatic carbocycles. The summed E-state index contributed by atoms with van der Waals surface area (Å²) in [7, 11) is -3.57. The van der Waals surface area contributed by atoms with Gasteiger partial charge in [-0.05, 0) is 24.1 Å². The molecule has 0 spiro atoms. The first kappa shape index (κ1) is 14.0. The van der Waals surface area contributed by atoms with Crippen LogP contribution in [0.4, 0.5) is 0 Å². The van der Waals surface area contributed by atoms with Crippen molar-refractivity contribution in [1.29, 1.82) is 0 Å². The van der Waals surface area contributed by atoms with E-state index < -0.39 is 22.0 Å². The summed E-state index contributed by atoms with van der Waals surface area (Å²) in [6.07, 6.45) is 1.15. The van der Waals surface area contributed by atoms with Crippen LogP contribution in [0.1, 0.15) is 5.56 Å². The summed E-state index contributed by atoms with van der Waals surface area (Å²) in [5.41, 5.74) is 6.40. The largest absolute Gasteiger partial charge is 0.320 e. The average Bonchev–Trinajstić information content (AvgIpc) is 2.19. The maximum absolute atomic E-state index is 11.4. The van der Waals surface area contributed by atoms with Gasteiger partial charge in [0.1, 0.15) is 0 Å². The molecule has 7 heteroatoms. The fourth-order valence-corrected chi connectivity index (χ4v) is 1.87. The Bertz CT molecular complexity index is 499. The van der Waals surface area contributed by atoms with Crippen molar-refractivity contribution < 1.29 is 13.2 Å². The number of sulfonamides is 1. The van der Waals surface area contributed by atoms with Crippen molar-refractivity contribution in [3.05, 3.63) is 34.9 Å². The molecule has 3 N–H and O–H groups in total. The highest BCUT2D eigenvalue weighted by Crippen LogP contribution is 2.10. The number of hydrogen-bond acceptors (Lipinski definition) is 4. The van der Waals surface area contributed by atoms with Gasteiger partial charge in [-0.15, -0.1) is 0 Å². The van der Waals surface area contributed by atoms with Crippen molar-refractivity contribution in [2.75, 3.05) is 6.26 Å². The van der Waals surface area contributed by atoms with Gasteiger partial charge in [-0.1, -0.05) is 23.7 Å². The normalized spacial score (nSPS) is 13.1. The summed E-state index contributed by atoms with van der Waals surface area (Å²) in [4.78, 5) is 11.4. The Morgan fingerprint density at radius 3 is 2.41 bits per heavy atom. The molecule has 0 fully saturated rings. The molecule has 1 rings (SSSR count). The van der Waals surface area contributed by atoms with Crippen LogP contribution < -0.4 is 10.5 Å².